The lowest BCUT2D eigenvalue weighted by Gasteiger charge is -2.05. The van der Waals surface area contributed by atoms with Gasteiger partial charge in [-0.15, -0.1) is 11.3 Å². The normalized spacial score (nSPS) is 13.3. The highest BCUT2D eigenvalue weighted by molar-refractivity contribution is 7.09. The van der Waals surface area contributed by atoms with Crippen molar-refractivity contribution in [1.29, 1.82) is 0 Å². The van der Waals surface area contributed by atoms with E-state index in [1.807, 2.05) is 11.6 Å². The number of hydrogen-bond donors (Lipinski definition) is 0. The van der Waals surface area contributed by atoms with Crippen LogP contribution in [0.4, 0.5) is 0 Å². The van der Waals surface area contributed by atoms with Crippen LogP contribution < -0.4 is 0 Å². The van der Waals surface area contributed by atoms with Crippen LogP contribution in [0.5, 0.6) is 0 Å². The van der Waals surface area contributed by atoms with Gasteiger partial charge in [0.25, 0.3) is 0 Å². The van der Waals surface area contributed by atoms with E-state index < -0.39 is 0 Å². The third-order valence-corrected chi connectivity index (χ3v) is 2.59. The topological polar surface area (TPSA) is 12.9 Å². The van der Waals surface area contributed by atoms with Gasteiger partial charge in [0.05, 0.1) is 5.01 Å². The highest BCUT2D eigenvalue weighted by Crippen LogP contribution is 2.14. The fourth-order valence-corrected chi connectivity index (χ4v) is 2.03. The molecule has 0 N–H and O–H groups in total. The van der Waals surface area contributed by atoms with Crippen LogP contribution in [-0.4, -0.2) is 4.98 Å². The van der Waals surface area contributed by atoms with Crippen molar-refractivity contribution in [1.82, 2.24) is 4.98 Å². The number of nitrogens with zero attached hydrogens (tertiary/aromatic N) is 1. The highest BCUT2D eigenvalue weighted by Gasteiger charge is 2.03. The van der Waals surface area contributed by atoms with E-state index in [0.29, 0.717) is 0 Å². The van der Waals surface area contributed by atoms with Crippen LogP contribution in [0.2, 0.25) is 0 Å². The molecular weight excluding hydrogens is 154 g/mol. The number of hydrogen-bond acceptors (Lipinski definition) is 2. The fraction of sp³-hybridized carbons (Fsp3) is 0.667. The van der Waals surface area contributed by atoms with Gasteiger partial charge in [-0.3, -0.25) is 0 Å². The lowest BCUT2D eigenvalue weighted by atomic mass is 10.0. The highest BCUT2D eigenvalue weighted by atomic mass is 32.1. The van der Waals surface area contributed by atoms with Crippen LogP contribution in [0.1, 0.15) is 31.7 Å². The van der Waals surface area contributed by atoms with Gasteiger partial charge in [0.2, 0.25) is 0 Å². The van der Waals surface area contributed by atoms with Crippen LogP contribution in [0.15, 0.2) is 11.6 Å². The molecule has 1 aromatic rings. The first-order valence-electron chi connectivity index (χ1n) is 4.21. The number of rotatable bonds is 4. The van der Waals surface area contributed by atoms with Crippen molar-refractivity contribution in [2.75, 3.05) is 0 Å². The van der Waals surface area contributed by atoms with Gasteiger partial charge in [-0.2, -0.15) is 0 Å². The minimum Gasteiger partial charge on any atom is -0.250 e. The molecule has 0 amide bonds. The average Bonchev–Trinajstić information content (AvgIpc) is 2.40. The summed E-state index contributed by atoms with van der Waals surface area (Å²) in [6.07, 6.45) is 5.65. The predicted octanol–water partition coefficient (Wildman–Crippen LogP) is 3.12. The third-order valence-electron chi connectivity index (χ3n) is 1.79. The molecule has 1 unspecified atom stereocenters. The van der Waals surface area contributed by atoms with E-state index in [0.717, 1.165) is 12.3 Å². The first-order chi connectivity index (χ1) is 5.33. The molecule has 1 heterocycles. The van der Waals surface area contributed by atoms with Crippen molar-refractivity contribution in [2.24, 2.45) is 5.92 Å². The Hall–Kier alpha value is -0.370. The third kappa shape index (κ3) is 3.02. The lowest BCUT2D eigenvalue weighted by Crippen LogP contribution is -1.97. The SMILES string of the molecule is CCCC(C)Cc1nccs1. The fourth-order valence-electron chi connectivity index (χ4n) is 1.25. The van der Waals surface area contributed by atoms with Gasteiger partial charge in [-0.05, 0) is 5.92 Å². The second-order valence-electron chi connectivity index (χ2n) is 3.02. The average molecular weight is 169 g/mol. The molecule has 0 saturated heterocycles. The zero-order valence-corrected chi connectivity index (χ0v) is 8.03. The molecule has 0 saturated carbocycles. The zero-order chi connectivity index (χ0) is 8.10. The molecule has 62 valence electrons. The molecule has 0 radical (unpaired) electrons. The van der Waals surface area contributed by atoms with Crippen molar-refractivity contribution < 1.29 is 0 Å². The van der Waals surface area contributed by atoms with Gasteiger partial charge in [0.15, 0.2) is 0 Å². The minimum absolute atomic E-state index is 0.797. The van der Waals surface area contributed by atoms with E-state index >= 15 is 0 Å². The quantitative estimate of drug-likeness (QED) is 0.675. The van der Waals surface area contributed by atoms with Crippen LogP contribution in [0.25, 0.3) is 0 Å². The van der Waals surface area contributed by atoms with Crippen molar-refractivity contribution in [3.8, 4) is 0 Å². The summed E-state index contributed by atoms with van der Waals surface area (Å²) in [5.74, 6) is 0.797. The summed E-state index contributed by atoms with van der Waals surface area (Å²) in [6.45, 7) is 4.53. The molecule has 11 heavy (non-hydrogen) atoms. The van der Waals surface area contributed by atoms with Crippen LogP contribution in [0.3, 0.4) is 0 Å². The Labute approximate surface area is 72.5 Å². The first-order valence-corrected chi connectivity index (χ1v) is 5.09. The van der Waals surface area contributed by atoms with Gasteiger partial charge in [0.1, 0.15) is 0 Å². The second-order valence-corrected chi connectivity index (χ2v) is 4.00. The molecule has 0 fully saturated rings. The summed E-state index contributed by atoms with van der Waals surface area (Å²) in [4.78, 5) is 4.26. The Bertz CT molecular complexity index is 181. The Morgan fingerprint density at radius 3 is 3.00 bits per heavy atom. The molecular formula is C9H15NS. The summed E-state index contributed by atoms with van der Waals surface area (Å²) in [6, 6.07) is 0. The minimum atomic E-state index is 0.797. The maximum Gasteiger partial charge on any atom is 0.0927 e. The van der Waals surface area contributed by atoms with Crippen LogP contribution in [0, 0.1) is 5.92 Å². The Balaban J connectivity index is 2.31. The van der Waals surface area contributed by atoms with E-state index in [9.17, 15) is 0 Å². The molecule has 1 atom stereocenters. The van der Waals surface area contributed by atoms with Gasteiger partial charge in [-0.1, -0.05) is 26.7 Å². The maximum absolute atomic E-state index is 4.26. The maximum atomic E-state index is 4.26. The molecule has 1 rings (SSSR count). The summed E-state index contributed by atoms with van der Waals surface area (Å²) >= 11 is 1.77. The number of thiazole rings is 1. The Kier molecular flexibility index (Phi) is 3.57. The summed E-state index contributed by atoms with van der Waals surface area (Å²) < 4.78 is 0. The van der Waals surface area contributed by atoms with Gasteiger partial charge in [-0.25, -0.2) is 4.98 Å². The summed E-state index contributed by atoms with van der Waals surface area (Å²) in [5, 5.41) is 3.33. The molecule has 1 aromatic heterocycles. The number of aromatic nitrogens is 1. The molecule has 0 bridgehead atoms. The van der Waals surface area contributed by atoms with E-state index in [-0.39, 0.29) is 0 Å². The molecule has 0 aliphatic heterocycles. The Morgan fingerprint density at radius 1 is 1.64 bits per heavy atom. The van der Waals surface area contributed by atoms with Crippen molar-refractivity contribution in [3.63, 3.8) is 0 Å². The van der Waals surface area contributed by atoms with E-state index in [2.05, 4.69) is 18.8 Å². The molecule has 0 aliphatic carbocycles. The van der Waals surface area contributed by atoms with Crippen LogP contribution >= 0.6 is 11.3 Å². The lowest BCUT2D eigenvalue weighted by molar-refractivity contribution is 0.521. The molecule has 2 heteroatoms. The second kappa shape index (κ2) is 4.50. The zero-order valence-electron chi connectivity index (χ0n) is 7.21. The van der Waals surface area contributed by atoms with Crippen molar-refractivity contribution >= 4 is 11.3 Å². The van der Waals surface area contributed by atoms with E-state index in [1.165, 1.54) is 17.8 Å². The van der Waals surface area contributed by atoms with Gasteiger partial charge in [0, 0.05) is 18.0 Å². The van der Waals surface area contributed by atoms with Gasteiger partial charge >= 0.3 is 0 Å². The first kappa shape index (κ1) is 8.72. The standard InChI is InChI=1S/C9H15NS/c1-3-4-8(2)7-9-10-5-6-11-9/h5-6,8H,3-4,7H2,1-2H3. The Morgan fingerprint density at radius 2 is 2.45 bits per heavy atom. The predicted molar refractivity (Wildman–Crippen MR) is 49.9 cm³/mol. The molecule has 0 aromatic carbocycles. The smallest absolute Gasteiger partial charge is 0.0927 e. The molecule has 0 aliphatic rings. The molecule has 0 spiro atoms. The van der Waals surface area contributed by atoms with E-state index in [4.69, 9.17) is 0 Å². The van der Waals surface area contributed by atoms with Crippen molar-refractivity contribution in [2.45, 2.75) is 33.1 Å². The summed E-state index contributed by atoms with van der Waals surface area (Å²) in [7, 11) is 0. The monoisotopic (exact) mass is 169 g/mol. The van der Waals surface area contributed by atoms with Crippen LogP contribution in [-0.2, 0) is 6.42 Å². The van der Waals surface area contributed by atoms with Gasteiger partial charge < -0.3 is 0 Å². The van der Waals surface area contributed by atoms with Crippen molar-refractivity contribution in [3.05, 3.63) is 16.6 Å². The molecule has 1 nitrogen and oxygen atoms in total. The summed E-state index contributed by atoms with van der Waals surface area (Å²) in [5.41, 5.74) is 0. The largest absolute Gasteiger partial charge is 0.250 e. The van der Waals surface area contributed by atoms with E-state index in [1.54, 1.807) is 11.3 Å².